The van der Waals surface area contributed by atoms with E-state index in [1.54, 1.807) is 0 Å². The Labute approximate surface area is 119 Å². The number of pyridine rings is 2. The zero-order chi connectivity index (χ0) is 11.5. The summed E-state index contributed by atoms with van der Waals surface area (Å²) in [5.41, 5.74) is 2.81. The van der Waals surface area contributed by atoms with E-state index in [9.17, 15) is 0 Å². The van der Waals surface area contributed by atoms with Crippen LogP contribution in [0.5, 0.6) is 0 Å². The van der Waals surface area contributed by atoms with Crippen molar-refractivity contribution in [1.29, 1.82) is 0 Å². The Hall–Kier alpha value is -0.260. The van der Waals surface area contributed by atoms with Gasteiger partial charge in [-0.1, -0.05) is 44.0 Å². The second-order valence-corrected chi connectivity index (χ2v) is 7.00. The van der Waals surface area contributed by atoms with Crippen LogP contribution in [0.4, 0.5) is 0 Å². The maximum atomic E-state index is 4.37. The highest BCUT2D eigenvalue weighted by atomic mass is 79.9. The van der Waals surface area contributed by atoms with Gasteiger partial charge in [-0.3, -0.25) is 4.98 Å². The summed E-state index contributed by atoms with van der Waals surface area (Å²) in [4.78, 5) is 8.72. The van der Waals surface area contributed by atoms with E-state index in [1.807, 2.05) is 36.5 Å². The fourth-order valence-corrected chi connectivity index (χ4v) is 2.12. The third kappa shape index (κ3) is 2.90. The number of alkyl halides is 2. The Morgan fingerprint density at radius 3 is 2.38 bits per heavy atom. The average Bonchev–Trinajstić information content (AvgIpc) is 2.29. The van der Waals surface area contributed by atoms with Gasteiger partial charge in [0.1, 0.15) is 4.60 Å². The van der Waals surface area contributed by atoms with Crippen LogP contribution in [0.1, 0.15) is 9.30 Å². The maximum absolute atomic E-state index is 4.37. The average molecular weight is 407 g/mol. The smallest absolute Gasteiger partial charge is 0.106 e. The fraction of sp³-hybridized carbons (Fsp3) is 0.0909. The summed E-state index contributed by atoms with van der Waals surface area (Å²) in [7, 11) is 0. The number of halogens is 3. The van der Waals surface area contributed by atoms with E-state index in [-0.39, 0.29) is 3.74 Å². The van der Waals surface area contributed by atoms with Crippen molar-refractivity contribution >= 4 is 47.8 Å². The molecule has 0 saturated heterocycles. The van der Waals surface area contributed by atoms with Crippen LogP contribution >= 0.6 is 47.8 Å². The van der Waals surface area contributed by atoms with Crippen molar-refractivity contribution in [1.82, 2.24) is 9.97 Å². The first-order valence-corrected chi connectivity index (χ1v) is 7.16. The number of hydrogen-bond donors (Lipinski definition) is 0. The molecule has 2 nitrogen and oxygen atoms in total. The molecule has 0 atom stereocenters. The zero-order valence-electron chi connectivity index (χ0n) is 8.07. The minimum atomic E-state index is 0.136. The quantitative estimate of drug-likeness (QED) is 0.534. The second-order valence-electron chi connectivity index (χ2n) is 3.12. The molecule has 0 radical (unpaired) electrons. The molecule has 2 aromatic heterocycles. The first kappa shape index (κ1) is 12.2. The SMILES string of the molecule is Brc1cccc(-c2ccc(C(Br)Br)cn2)n1. The molecule has 0 aliphatic rings. The lowest BCUT2D eigenvalue weighted by Crippen LogP contribution is -1.89. The predicted molar refractivity (Wildman–Crippen MR) is 75.8 cm³/mol. The first-order chi connectivity index (χ1) is 7.66. The highest BCUT2D eigenvalue weighted by Crippen LogP contribution is 2.29. The van der Waals surface area contributed by atoms with Gasteiger partial charge in [0, 0.05) is 6.20 Å². The summed E-state index contributed by atoms with van der Waals surface area (Å²) < 4.78 is 0.951. The van der Waals surface area contributed by atoms with Gasteiger partial charge in [0.15, 0.2) is 0 Å². The summed E-state index contributed by atoms with van der Waals surface area (Å²) in [5, 5.41) is 0. The molecule has 0 spiro atoms. The van der Waals surface area contributed by atoms with Gasteiger partial charge in [0.05, 0.1) is 15.1 Å². The standard InChI is InChI=1S/C11H7Br3N2/c12-10-3-1-2-9(16-10)8-5-4-7(6-15-8)11(13)14/h1-6,11H. The third-order valence-corrected chi connectivity index (χ3v) is 3.51. The van der Waals surface area contributed by atoms with Gasteiger partial charge in [-0.05, 0) is 39.7 Å². The summed E-state index contributed by atoms with van der Waals surface area (Å²) in [6.45, 7) is 0. The summed E-state index contributed by atoms with van der Waals surface area (Å²) >= 11 is 10.2. The molecule has 82 valence electrons. The molecular weight excluding hydrogens is 400 g/mol. The number of nitrogens with zero attached hydrogens (tertiary/aromatic N) is 2. The van der Waals surface area contributed by atoms with Crippen LogP contribution in [-0.4, -0.2) is 9.97 Å². The van der Waals surface area contributed by atoms with Crippen LogP contribution in [0, 0.1) is 0 Å². The minimum Gasteiger partial charge on any atom is -0.254 e. The summed E-state index contributed by atoms with van der Waals surface area (Å²) in [5.74, 6) is 0. The Balaban J connectivity index is 2.35. The molecule has 0 saturated carbocycles. The highest BCUT2D eigenvalue weighted by Gasteiger charge is 2.05. The van der Waals surface area contributed by atoms with Crippen LogP contribution < -0.4 is 0 Å². The largest absolute Gasteiger partial charge is 0.254 e. The molecule has 2 heterocycles. The highest BCUT2D eigenvalue weighted by molar-refractivity contribution is 9.24. The second kappa shape index (κ2) is 5.38. The van der Waals surface area contributed by atoms with E-state index >= 15 is 0 Å². The number of hydrogen-bond acceptors (Lipinski definition) is 2. The van der Waals surface area contributed by atoms with Gasteiger partial charge in [-0.25, -0.2) is 4.98 Å². The van der Waals surface area contributed by atoms with Crippen molar-refractivity contribution in [3.8, 4) is 11.4 Å². The van der Waals surface area contributed by atoms with Gasteiger partial charge in [-0.2, -0.15) is 0 Å². The van der Waals surface area contributed by atoms with E-state index in [4.69, 9.17) is 0 Å². The predicted octanol–water partition coefficient (Wildman–Crippen LogP) is 4.69. The molecule has 0 amide bonds. The van der Waals surface area contributed by atoms with E-state index in [2.05, 4.69) is 57.8 Å². The molecular formula is C11H7Br3N2. The Kier molecular flexibility index (Phi) is 4.10. The van der Waals surface area contributed by atoms with E-state index in [1.165, 1.54) is 0 Å². The van der Waals surface area contributed by atoms with Gasteiger partial charge in [-0.15, -0.1) is 0 Å². The molecule has 16 heavy (non-hydrogen) atoms. The normalized spacial score (nSPS) is 10.8. The molecule has 0 N–H and O–H groups in total. The van der Waals surface area contributed by atoms with Crippen LogP contribution in [-0.2, 0) is 0 Å². The third-order valence-electron chi connectivity index (χ3n) is 2.02. The molecule has 5 heteroatoms. The van der Waals surface area contributed by atoms with E-state index < -0.39 is 0 Å². The summed E-state index contributed by atoms with van der Waals surface area (Å²) in [6, 6.07) is 9.75. The lowest BCUT2D eigenvalue weighted by atomic mass is 10.2. The lowest BCUT2D eigenvalue weighted by Gasteiger charge is -2.03. The number of rotatable bonds is 2. The lowest BCUT2D eigenvalue weighted by molar-refractivity contribution is 1.20. The van der Waals surface area contributed by atoms with Crippen molar-refractivity contribution in [2.75, 3.05) is 0 Å². The molecule has 2 rings (SSSR count). The Bertz CT molecular complexity index is 483. The van der Waals surface area contributed by atoms with Gasteiger partial charge in [0.25, 0.3) is 0 Å². The maximum Gasteiger partial charge on any atom is 0.106 e. The molecule has 0 aliphatic heterocycles. The van der Waals surface area contributed by atoms with Crippen LogP contribution in [0.3, 0.4) is 0 Å². The van der Waals surface area contributed by atoms with Gasteiger partial charge < -0.3 is 0 Å². The Morgan fingerprint density at radius 1 is 1.00 bits per heavy atom. The number of aromatic nitrogens is 2. The fourth-order valence-electron chi connectivity index (χ4n) is 1.24. The van der Waals surface area contributed by atoms with Crippen molar-refractivity contribution in [2.24, 2.45) is 0 Å². The molecule has 0 bridgehead atoms. The molecule has 2 aromatic rings. The monoisotopic (exact) mass is 404 g/mol. The molecule has 0 aromatic carbocycles. The van der Waals surface area contributed by atoms with Crippen molar-refractivity contribution in [3.63, 3.8) is 0 Å². The molecule has 0 fully saturated rings. The Morgan fingerprint density at radius 2 is 1.81 bits per heavy atom. The molecule has 0 unspecified atom stereocenters. The van der Waals surface area contributed by atoms with Crippen LogP contribution in [0.15, 0.2) is 41.1 Å². The van der Waals surface area contributed by atoms with Crippen molar-refractivity contribution < 1.29 is 0 Å². The van der Waals surface area contributed by atoms with Crippen molar-refractivity contribution in [3.05, 3.63) is 46.7 Å². The van der Waals surface area contributed by atoms with Gasteiger partial charge >= 0.3 is 0 Å². The topological polar surface area (TPSA) is 25.8 Å². The van der Waals surface area contributed by atoms with Crippen LogP contribution in [0.2, 0.25) is 0 Å². The van der Waals surface area contributed by atoms with E-state index in [0.717, 1.165) is 21.6 Å². The van der Waals surface area contributed by atoms with Crippen molar-refractivity contribution in [2.45, 2.75) is 3.74 Å². The van der Waals surface area contributed by atoms with Crippen LogP contribution in [0.25, 0.3) is 11.4 Å². The molecule has 0 aliphatic carbocycles. The first-order valence-electron chi connectivity index (χ1n) is 4.54. The summed E-state index contributed by atoms with van der Waals surface area (Å²) in [6.07, 6.45) is 1.83. The van der Waals surface area contributed by atoms with E-state index in [0.29, 0.717) is 0 Å². The van der Waals surface area contributed by atoms with Gasteiger partial charge in [0.2, 0.25) is 0 Å². The minimum absolute atomic E-state index is 0.136. The zero-order valence-corrected chi connectivity index (χ0v) is 12.8.